The number of nitrogens with zero attached hydrogens (tertiary/aromatic N) is 2. The van der Waals surface area contributed by atoms with Crippen molar-refractivity contribution < 1.29 is 14.3 Å². The van der Waals surface area contributed by atoms with Crippen LogP contribution in [0.1, 0.15) is 19.7 Å². The van der Waals surface area contributed by atoms with Crippen LogP contribution >= 0.6 is 0 Å². The minimum absolute atomic E-state index is 0.0284. The fourth-order valence-electron chi connectivity index (χ4n) is 2.69. The number of ether oxygens (including phenoxy) is 2. The Morgan fingerprint density at radius 2 is 1.63 bits per heavy atom. The van der Waals surface area contributed by atoms with E-state index >= 15 is 0 Å². The molecule has 0 fully saturated rings. The summed E-state index contributed by atoms with van der Waals surface area (Å²) in [5, 5.41) is 8.78. The van der Waals surface area contributed by atoms with Gasteiger partial charge in [-0.2, -0.15) is 4.98 Å². The highest BCUT2D eigenvalue weighted by molar-refractivity contribution is 5.99. The highest BCUT2D eigenvalue weighted by Crippen LogP contribution is 2.21. The lowest BCUT2D eigenvalue weighted by atomic mass is 10.2. The lowest BCUT2D eigenvalue weighted by Crippen LogP contribution is -2.19. The van der Waals surface area contributed by atoms with Crippen LogP contribution in [0.4, 0.5) is 27.7 Å². The summed E-state index contributed by atoms with van der Waals surface area (Å²) in [4.78, 5) is 20.9. The van der Waals surface area contributed by atoms with Gasteiger partial charge in [0, 0.05) is 29.2 Å². The standard InChI is InChI=1S/C22H25N5O3/c1-14(2)30-21-13-20(23-15(3)24-21)25-16-8-10-17(11-9-16)26-22(28)27-18-6-5-7-19(12-18)29-4/h5-14H,1-4H3,(H,23,24,25)(H2,26,27,28). The molecule has 0 saturated carbocycles. The second-order valence-electron chi connectivity index (χ2n) is 6.82. The van der Waals surface area contributed by atoms with Gasteiger partial charge in [-0.05, 0) is 57.2 Å². The fourth-order valence-corrected chi connectivity index (χ4v) is 2.69. The SMILES string of the molecule is COc1cccc(NC(=O)Nc2ccc(Nc3cc(OC(C)C)nc(C)n3)cc2)c1. The maximum atomic E-state index is 12.2. The van der Waals surface area contributed by atoms with E-state index in [9.17, 15) is 4.79 Å². The van der Waals surface area contributed by atoms with E-state index < -0.39 is 0 Å². The van der Waals surface area contributed by atoms with E-state index in [2.05, 4.69) is 25.9 Å². The zero-order valence-corrected chi connectivity index (χ0v) is 17.4. The topological polar surface area (TPSA) is 97.4 Å². The number of anilines is 4. The maximum Gasteiger partial charge on any atom is 0.323 e. The lowest BCUT2D eigenvalue weighted by molar-refractivity contribution is 0.232. The van der Waals surface area contributed by atoms with Gasteiger partial charge in [0.25, 0.3) is 0 Å². The number of carbonyl (C=O) groups excluding carboxylic acids is 1. The molecule has 0 unspecified atom stereocenters. The first-order valence-electron chi connectivity index (χ1n) is 9.53. The first-order chi connectivity index (χ1) is 14.4. The Labute approximate surface area is 175 Å². The summed E-state index contributed by atoms with van der Waals surface area (Å²) in [7, 11) is 1.58. The smallest absolute Gasteiger partial charge is 0.323 e. The number of carbonyl (C=O) groups is 1. The largest absolute Gasteiger partial charge is 0.497 e. The second kappa shape index (κ2) is 9.60. The number of benzene rings is 2. The highest BCUT2D eigenvalue weighted by Gasteiger charge is 2.07. The van der Waals surface area contributed by atoms with Crippen molar-refractivity contribution in [3.05, 3.63) is 60.4 Å². The van der Waals surface area contributed by atoms with E-state index in [-0.39, 0.29) is 12.1 Å². The molecule has 8 nitrogen and oxygen atoms in total. The van der Waals surface area contributed by atoms with Crippen LogP contribution in [0.2, 0.25) is 0 Å². The van der Waals surface area contributed by atoms with Crippen LogP contribution in [0.15, 0.2) is 54.6 Å². The molecule has 0 radical (unpaired) electrons. The summed E-state index contributed by atoms with van der Waals surface area (Å²) in [6.45, 7) is 5.70. The fraction of sp³-hybridized carbons (Fsp3) is 0.227. The average Bonchev–Trinajstić information content (AvgIpc) is 2.68. The third-order valence-corrected chi connectivity index (χ3v) is 3.91. The van der Waals surface area contributed by atoms with Crippen LogP contribution in [-0.2, 0) is 0 Å². The number of urea groups is 1. The first kappa shape index (κ1) is 20.9. The molecule has 0 aliphatic carbocycles. The Hall–Kier alpha value is -3.81. The van der Waals surface area contributed by atoms with Crippen molar-refractivity contribution in [3.8, 4) is 11.6 Å². The predicted molar refractivity (Wildman–Crippen MR) is 118 cm³/mol. The van der Waals surface area contributed by atoms with Gasteiger partial charge in [-0.3, -0.25) is 0 Å². The van der Waals surface area contributed by atoms with Crippen molar-refractivity contribution in [2.24, 2.45) is 0 Å². The third-order valence-electron chi connectivity index (χ3n) is 3.91. The number of amides is 2. The molecule has 0 aliphatic rings. The number of nitrogens with one attached hydrogen (secondary N) is 3. The molecule has 2 aromatic carbocycles. The number of aromatic nitrogens is 2. The molecule has 3 rings (SSSR count). The first-order valence-corrected chi connectivity index (χ1v) is 9.53. The zero-order valence-electron chi connectivity index (χ0n) is 17.4. The molecule has 1 heterocycles. The normalized spacial score (nSPS) is 10.4. The van der Waals surface area contributed by atoms with Crippen molar-refractivity contribution in [2.45, 2.75) is 26.9 Å². The molecule has 0 atom stereocenters. The van der Waals surface area contributed by atoms with Crippen molar-refractivity contribution in [1.82, 2.24) is 9.97 Å². The minimum atomic E-state index is -0.342. The summed E-state index contributed by atoms with van der Waals surface area (Å²) in [6, 6.07) is 15.9. The molecular weight excluding hydrogens is 382 g/mol. The van der Waals surface area contributed by atoms with Crippen LogP contribution in [-0.4, -0.2) is 29.2 Å². The Morgan fingerprint density at radius 3 is 2.33 bits per heavy atom. The van der Waals surface area contributed by atoms with Crippen molar-refractivity contribution in [2.75, 3.05) is 23.1 Å². The van der Waals surface area contributed by atoms with Crippen LogP contribution < -0.4 is 25.4 Å². The molecule has 8 heteroatoms. The van der Waals surface area contributed by atoms with Crippen LogP contribution in [0.3, 0.4) is 0 Å². The van der Waals surface area contributed by atoms with Crippen molar-refractivity contribution >= 4 is 28.9 Å². The number of aryl methyl sites for hydroxylation is 1. The Morgan fingerprint density at radius 1 is 0.933 bits per heavy atom. The van der Waals surface area contributed by atoms with E-state index in [1.807, 2.05) is 39.0 Å². The molecule has 2 amide bonds. The molecular formula is C22H25N5O3. The van der Waals surface area contributed by atoms with Gasteiger partial charge in [0.15, 0.2) is 0 Å². The molecule has 0 bridgehead atoms. The quantitative estimate of drug-likeness (QED) is 0.512. The lowest BCUT2D eigenvalue weighted by Gasteiger charge is -2.12. The molecule has 3 aromatic rings. The Balaban J connectivity index is 1.61. The van der Waals surface area contributed by atoms with Crippen LogP contribution in [0, 0.1) is 6.92 Å². The summed E-state index contributed by atoms with van der Waals surface area (Å²) in [6.07, 6.45) is 0.0284. The third kappa shape index (κ3) is 6.10. The molecule has 0 spiro atoms. The summed E-state index contributed by atoms with van der Waals surface area (Å²) in [5.41, 5.74) is 2.12. The van der Waals surface area contributed by atoms with Crippen molar-refractivity contribution in [1.29, 1.82) is 0 Å². The molecule has 3 N–H and O–H groups in total. The molecule has 30 heavy (non-hydrogen) atoms. The number of methoxy groups -OCH3 is 1. The van der Waals surface area contributed by atoms with Gasteiger partial charge in [0.05, 0.1) is 13.2 Å². The minimum Gasteiger partial charge on any atom is -0.497 e. The number of rotatable bonds is 7. The van der Waals surface area contributed by atoms with Gasteiger partial charge in [-0.25, -0.2) is 9.78 Å². The average molecular weight is 407 g/mol. The van der Waals surface area contributed by atoms with Gasteiger partial charge in [0.2, 0.25) is 5.88 Å². The molecule has 1 aromatic heterocycles. The van der Waals surface area contributed by atoms with E-state index in [1.54, 1.807) is 43.5 Å². The molecule has 0 saturated heterocycles. The summed E-state index contributed by atoms with van der Waals surface area (Å²) < 4.78 is 10.8. The van der Waals surface area contributed by atoms with Crippen LogP contribution in [0.5, 0.6) is 11.6 Å². The summed E-state index contributed by atoms with van der Waals surface area (Å²) >= 11 is 0. The monoisotopic (exact) mass is 407 g/mol. The van der Waals surface area contributed by atoms with Gasteiger partial charge in [0.1, 0.15) is 17.4 Å². The maximum absolute atomic E-state index is 12.2. The Bertz CT molecular complexity index is 1010. The summed E-state index contributed by atoms with van der Waals surface area (Å²) in [5.74, 6) is 2.44. The van der Waals surface area contributed by atoms with Crippen LogP contribution in [0.25, 0.3) is 0 Å². The van der Waals surface area contributed by atoms with E-state index in [0.717, 1.165) is 5.69 Å². The van der Waals surface area contributed by atoms with Gasteiger partial charge in [-0.15, -0.1) is 0 Å². The van der Waals surface area contributed by atoms with Gasteiger partial charge in [-0.1, -0.05) is 6.07 Å². The van der Waals surface area contributed by atoms with Gasteiger partial charge < -0.3 is 25.4 Å². The Kier molecular flexibility index (Phi) is 6.69. The van der Waals surface area contributed by atoms with Crippen molar-refractivity contribution in [3.63, 3.8) is 0 Å². The molecule has 156 valence electrons. The number of hydrogen-bond acceptors (Lipinski definition) is 6. The number of hydrogen-bond donors (Lipinski definition) is 3. The predicted octanol–water partition coefficient (Wildman–Crippen LogP) is 4.97. The van der Waals surface area contributed by atoms with E-state index in [1.165, 1.54) is 0 Å². The van der Waals surface area contributed by atoms with Gasteiger partial charge >= 0.3 is 6.03 Å². The highest BCUT2D eigenvalue weighted by atomic mass is 16.5. The van der Waals surface area contributed by atoms with E-state index in [4.69, 9.17) is 9.47 Å². The van der Waals surface area contributed by atoms with E-state index in [0.29, 0.717) is 34.6 Å². The zero-order chi connectivity index (χ0) is 21.5. The second-order valence-corrected chi connectivity index (χ2v) is 6.82. The molecule has 0 aliphatic heterocycles.